The SMILES string of the molecule is CN1CCC(CO)CC1.F[B-](F)(F)F.F[B-](F)(F)F.F[B-](F)(F)F. The van der Waals surface area contributed by atoms with Crippen LogP contribution in [0.5, 0.6) is 0 Å². The lowest BCUT2D eigenvalue weighted by Crippen LogP contribution is -2.31. The highest BCUT2D eigenvalue weighted by Crippen LogP contribution is 2.14. The van der Waals surface area contributed by atoms with Crippen LogP contribution in [0.4, 0.5) is 51.8 Å². The second-order valence-corrected chi connectivity index (χ2v) is 4.41. The molecule has 1 rings (SSSR count). The Labute approximate surface area is 130 Å². The van der Waals surface area contributed by atoms with Crippen LogP contribution in [0, 0.1) is 5.92 Å². The van der Waals surface area contributed by atoms with E-state index < -0.39 is 21.8 Å². The number of piperidine rings is 1. The first-order valence-corrected chi connectivity index (χ1v) is 6.24. The molecule has 0 atom stereocenters. The second-order valence-electron chi connectivity index (χ2n) is 4.41. The molecule has 1 saturated heterocycles. The Hall–Kier alpha value is -0.725. The molecule has 0 aromatic heterocycles. The first-order chi connectivity index (χ1) is 10.3. The molecule has 0 bridgehead atoms. The minimum atomic E-state index is -6.00. The zero-order valence-corrected chi connectivity index (χ0v) is 12.3. The van der Waals surface area contributed by atoms with Crippen molar-refractivity contribution in [1.82, 2.24) is 4.90 Å². The van der Waals surface area contributed by atoms with E-state index in [1.807, 2.05) is 0 Å². The Kier molecular flexibility index (Phi) is 14.8. The fourth-order valence-electron chi connectivity index (χ4n) is 1.24. The van der Waals surface area contributed by atoms with Crippen molar-refractivity contribution in [3.05, 3.63) is 0 Å². The lowest BCUT2D eigenvalue weighted by molar-refractivity contribution is 0.148. The summed E-state index contributed by atoms with van der Waals surface area (Å²) in [6.07, 6.45) is 2.35. The van der Waals surface area contributed by atoms with Crippen molar-refractivity contribution in [3.8, 4) is 0 Å². The molecule has 24 heavy (non-hydrogen) atoms. The molecule has 0 radical (unpaired) electrons. The number of hydrogen-bond donors (Lipinski definition) is 1. The fraction of sp³-hybridized carbons (Fsp3) is 1.00. The predicted octanol–water partition coefficient (Wildman–Crippen LogP) is 4.22. The van der Waals surface area contributed by atoms with Gasteiger partial charge in [0.05, 0.1) is 0 Å². The maximum atomic E-state index is 9.75. The average molecular weight is 390 g/mol. The van der Waals surface area contributed by atoms with Gasteiger partial charge in [0.2, 0.25) is 0 Å². The molecule has 0 amide bonds. The summed E-state index contributed by atoms with van der Waals surface area (Å²) < 4.78 is 117. The Morgan fingerprint density at radius 2 is 0.917 bits per heavy atom. The number of aliphatic hydroxyl groups excluding tert-OH is 1. The number of aliphatic hydroxyl groups is 1. The van der Waals surface area contributed by atoms with Crippen molar-refractivity contribution >= 4 is 21.8 Å². The molecule has 0 spiro atoms. The van der Waals surface area contributed by atoms with E-state index in [9.17, 15) is 51.8 Å². The smallest absolute Gasteiger partial charge is 0.418 e. The van der Waals surface area contributed by atoms with Crippen LogP contribution in [0.1, 0.15) is 12.8 Å². The highest BCUT2D eigenvalue weighted by atomic mass is 19.5. The molecule has 0 aromatic rings. The van der Waals surface area contributed by atoms with Gasteiger partial charge in [0.25, 0.3) is 0 Å². The number of rotatable bonds is 1. The Morgan fingerprint density at radius 3 is 1.08 bits per heavy atom. The van der Waals surface area contributed by atoms with Gasteiger partial charge < -0.3 is 61.8 Å². The van der Waals surface area contributed by atoms with Gasteiger partial charge in [0.1, 0.15) is 0 Å². The molecule has 17 heteroatoms. The molecular formula is C7H15B3F12NO-3. The van der Waals surface area contributed by atoms with Crippen molar-refractivity contribution in [2.45, 2.75) is 12.8 Å². The summed E-state index contributed by atoms with van der Waals surface area (Å²) in [7, 11) is -15.9. The summed E-state index contributed by atoms with van der Waals surface area (Å²) in [5, 5.41) is 8.76. The van der Waals surface area contributed by atoms with Crippen molar-refractivity contribution in [2.24, 2.45) is 5.92 Å². The van der Waals surface area contributed by atoms with Gasteiger partial charge in [-0.25, -0.2) is 0 Å². The second kappa shape index (κ2) is 12.6. The van der Waals surface area contributed by atoms with Crippen LogP contribution in [0.3, 0.4) is 0 Å². The minimum Gasteiger partial charge on any atom is -0.418 e. The predicted molar refractivity (Wildman–Crippen MR) is 67.9 cm³/mol. The molecule has 0 aliphatic carbocycles. The highest BCUT2D eigenvalue weighted by molar-refractivity contribution is 6.50. The van der Waals surface area contributed by atoms with Crippen molar-refractivity contribution in [1.29, 1.82) is 0 Å². The van der Waals surface area contributed by atoms with E-state index in [4.69, 9.17) is 5.11 Å². The molecule has 1 fully saturated rings. The quantitative estimate of drug-likeness (QED) is 0.536. The van der Waals surface area contributed by atoms with Gasteiger partial charge in [-0.1, -0.05) is 0 Å². The standard InChI is InChI=1S/C7H15NO.3BF4/c1-8-4-2-7(6-9)3-5-8;3*2-1(3,4)5/h7,9H,2-6H2,1H3;;;/q;3*-1. The lowest BCUT2D eigenvalue weighted by Gasteiger charge is -2.27. The molecule has 0 aromatic carbocycles. The van der Waals surface area contributed by atoms with Gasteiger partial charge in [0, 0.05) is 6.61 Å². The van der Waals surface area contributed by atoms with E-state index in [1.54, 1.807) is 0 Å². The van der Waals surface area contributed by atoms with E-state index in [2.05, 4.69) is 11.9 Å². The number of halogens is 12. The first-order valence-electron chi connectivity index (χ1n) is 6.24. The van der Waals surface area contributed by atoms with Gasteiger partial charge in [0.15, 0.2) is 0 Å². The number of nitrogens with zero attached hydrogens (tertiary/aromatic N) is 1. The van der Waals surface area contributed by atoms with E-state index in [-0.39, 0.29) is 0 Å². The lowest BCUT2D eigenvalue weighted by atomic mass is 9.98. The normalized spacial score (nSPS) is 16.8. The summed E-state index contributed by atoms with van der Waals surface area (Å²) in [6, 6.07) is 0. The van der Waals surface area contributed by atoms with Crippen molar-refractivity contribution in [2.75, 3.05) is 26.7 Å². The summed E-state index contributed by atoms with van der Waals surface area (Å²) in [6.45, 7) is 2.70. The fourth-order valence-corrected chi connectivity index (χ4v) is 1.24. The molecule has 0 saturated carbocycles. The largest absolute Gasteiger partial charge is 0.673 e. The third-order valence-electron chi connectivity index (χ3n) is 2.10. The molecule has 1 heterocycles. The third-order valence-corrected chi connectivity index (χ3v) is 2.10. The van der Waals surface area contributed by atoms with E-state index in [0.717, 1.165) is 13.1 Å². The average Bonchev–Trinajstić information content (AvgIpc) is 2.23. The molecular weight excluding hydrogens is 374 g/mol. The van der Waals surface area contributed by atoms with Crippen LogP contribution in [0.15, 0.2) is 0 Å². The van der Waals surface area contributed by atoms with Gasteiger partial charge in [-0.3, -0.25) is 0 Å². The van der Waals surface area contributed by atoms with Gasteiger partial charge in [-0.15, -0.1) is 0 Å². The van der Waals surface area contributed by atoms with Gasteiger partial charge in [-0.05, 0) is 38.9 Å². The maximum Gasteiger partial charge on any atom is 0.673 e. The monoisotopic (exact) mass is 390 g/mol. The Bertz CT molecular complexity index is 241. The molecule has 1 aliphatic heterocycles. The van der Waals surface area contributed by atoms with E-state index in [1.165, 1.54) is 12.8 Å². The van der Waals surface area contributed by atoms with Crippen LogP contribution in [-0.4, -0.2) is 58.5 Å². The van der Waals surface area contributed by atoms with Crippen LogP contribution < -0.4 is 0 Å². The zero-order valence-electron chi connectivity index (χ0n) is 12.3. The number of hydrogen-bond acceptors (Lipinski definition) is 2. The summed E-state index contributed by atoms with van der Waals surface area (Å²) in [5.74, 6) is 0.584. The minimum absolute atomic E-state index is 0.383. The molecule has 2 nitrogen and oxygen atoms in total. The van der Waals surface area contributed by atoms with Crippen LogP contribution >= 0.6 is 0 Å². The van der Waals surface area contributed by atoms with Gasteiger partial charge in [-0.2, -0.15) is 0 Å². The van der Waals surface area contributed by atoms with E-state index >= 15 is 0 Å². The van der Waals surface area contributed by atoms with Crippen molar-refractivity contribution < 1.29 is 56.9 Å². The van der Waals surface area contributed by atoms with Crippen LogP contribution in [0.25, 0.3) is 0 Å². The van der Waals surface area contributed by atoms with Crippen LogP contribution in [0.2, 0.25) is 0 Å². The topological polar surface area (TPSA) is 23.5 Å². The number of likely N-dealkylation sites (tertiary alicyclic amines) is 1. The molecule has 1 N–H and O–H groups in total. The molecule has 150 valence electrons. The first kappa shape index (κ1) is 28.1. The van der Waals surface area contributed by atoms with Gasteiger partial charge >= 0.3 is 21.8 Å². The maximum absolute atomic E-state index is 9.75. The van der Waals surface area contributed by atoms with Crippen LogP contribution in [-0.2, 0) is 0 Å². The van der Waals surface area contributed by atoms with E-state index in [0.29, 0.717) is 12.5 Å². The summed E-state index contributed by atoms with van der Waals surface area (Å²) in [4.78, 5) is 2.31. The highest BCUT2D eigenvalue weighted by Gasteiger charge is 2.21. The summed E-state index contributed by atoms with van der Waals surface area (Å²) in [5.41, 5.74) is 0. The Balaban J connectivity index is -0.000000259. The molecule has 1 aliphatic rings. The summed E-state index contributed by atoms with van der Waals surface area (Å²) >= 11 is 0. The zero-order chi connectivity index (χ0) is 20.2. The third kappa shape index (κ3) is 68.8. The van der Waals surface area contributed by atoms with Crippen molar-refractivity contribution in [3.63, 3.8) is 0 Å². The molecule has 0 unspecified atom stereocenters. The Morgan fingerprint density at radius 1 is 0.708 bits per heavy atom.